The number of benzene rings is 2. The molecule has 0 radical (unpaired) electrons. The van der Waals surface area contributed by atoms with Gasteiger partial charge in [0.05, 0.1) is 6.42 Å². The zero-order valence-electron chi connectivity index (χ0n) is 17.5. The van der Waals surface area contributed by atoms with Crippen molar-refractivity contribution < 1.29 is 4.79 Å². The highest BCUT2D eigenvalue weighted by Crippen LogP contribution is 2.19. The lowest BCUT2D eigenvalue weighted by Crippen LogP contribution is -2.49. The van der Waals surface area contributed by atoms with Crippen LogP contribution in [0.15, 0.2) is 60.7 Å². The molecule has 30 heavy (non-hydrogen) atoms. The Kier molecular flexibility index (Phi) is 5.93. The van der Waals surface area contributed by atoms with Gasteiger partial charge in [-0.25, -0.2) is 4.98 Å². The molecule has 1 saturated heterocycles. The molecule has 0 atom stereocenters. The van der Waals surface area contributed by atoms with E-state index in [1.54, 1.807) is 0 Å². The number of piperazine rings is 1. The first kappa shape index (κ1) is 19.9. The minimum atomic E-state index is 0.176. The molecule has 4 rings (SSSR count). The van der Waals surface area contributed by atoms with Crippen LogP contribution in [0, 0.1) is 13.8 Å². The molecule has 0 aliphatic carbocycles. The Balaban J connectivity index is 1.37. The van der Waals surface area contributed by atoms with Gasteiger partial charge in [-0.3, -0.25) is 4.79 Å². The van der Waals surface area contributed by atoms with Crippen molar-refractivity contribution in [2.45, 2.75) is 20.3 Å². The van der Waals surface area contributed by atoms with Crippen LogP contribution in [0.3, 0.4) is 0 Å². The monoisotopic (exact) mass is 401 g/mol. The number of amides is 1. The third-order valence-corrected chi connectivity index (χ3v) is 5.28. The number of anilines is 3. The maximum Gasteiger partial charge on any atom is 0.227 e. The minimum Gasteiger partial charge on any atom is -0.340 e. The average Bonchev–Trinajstić information content (AvgIpc) is 2.76. The first-order chi connectivity index (χ1) is 14.6. The second kappa shape index (κ2) is 8.95. The van der Waals surface area contributed by atoms with Gasteiger partial charge in [0.2, 0.25) is 11.9 Å². The van der Waals surface area contributed by atoms with Crippen molar-refractivity contribution in [1.29, 1.82) is 0 Å². The molecule has 2 heterocycles. The number of para-hydroxylation sites is 1. The molecule has 1 aromatic heterocycles. The van der Waals surface area contributed by atoms with E-state index < -0.39 is 0 Å². The summed E-state index contributed by atoms with van der Waals surface area (Å²) in [5, 5.41) is 3.34. The Morgan fingerprint density at radius 3 is 2.33 bits per heavy atom. The number of rotatable bonds is 5. The molecule has 0 saturated carbocycles. The van der Waals surface area contributed by atoms with Crippen LogP contribution in [-0.2, 0) is 11.2 Å². The highest BCUT2D eigenvalue weighted by molar-refractivity contribution is 5.79. The number of hydrogen-bond donors (Lipinski definition) is 1. The summed E-state index contributed by atoms with van der Waals surface area (Å²) >= 11 is 0. The maximum absolute atomic E-state index is 12.7. The fourth-order valence-corrected chi connectivity index (χ4v) is 3.58. The van der Waals surface area contributed by atoms with Crippen molar-refractivity contribution in [2.24, 2.45) is 0 Å². The van der Waals surface area contributed by atoms with Crippen LogP contribution in [-0.4, -0.2) is 47.0 Å². The third-order valence-electron chi connectivity index (χ3n) is 5.28. The van der Waals surface area contributed by atoms with Crippen LogP contribution >= 0.6 is 0 Å². The fourth-order valence-electron chi connectivity index (χ4n) is 3.58. The second-order valence-electron chi connectivity index (χ2n) is 7.72. The van der Waals surface area contributed by atoms with E-state index in [1.807, 2.05) is 60.4 Å². The van der Waals surface area contributed by atoms with Crippen LogP contribution in [0.5, 0.6) is 0 Å². The van der Waals surface area contributed by atoms with E-state index in [4.69, 9.17) is 4.98 Å². The number of carbonyl (C=O) groups excluding carboxylic acids is 1. The zero-order chi connectivity index (χ0) is 20.9. The normalized spacial score (nSPS) is 13.9. The molecule has 154 valence electrons. The molecule has 1 fully saturated rings. The average molecular weight is 402 g/mol. The lowest BCUT2D eigenvalue weighted by Gasteiger charge is -2.35. The first-order valence-electron chi connectivity index (χ1n) is 10.3. The van der Waals surface area contributed by atoms with Crippen LogP contribution in [0.25, 0.3) is 0 Å². The van der Waals surface area contributed by atoms with Crippen molar-refractivity contribution in [1.82, 2.24) is 14.9 Å². The lowest BCUT2D eigenvalue weighted by atomic mass is 10.1. The Morgan fingerprint density at radius 1 is 0.933 bits per heavy atom. The summed E-state index contributed by atoms with van der Waals surface area (Å²) in [4.78, 5) is 26.1. The number of aryl methyl sites for hydroxylation is 2. The molecule has 6 heteroatoms. The Hall–Kier alpha value is -3.41. The van der Waals surface area contributed by atoms with Gasteiger partial charge in [0, 0.05) is 43.6 Å². The topological polar surface area (TPSA) is 61.4 Å². The zero-order valence-corrected chi connectivity index (χ0v) is 17.5. The van der Waals surface area contributed by atoms with Gasteiger partial charge in [0.25, 0.3) is 0 Å². The summed E-state index contributed by atoms with van der Waals surface area (Å²) in [6, 6.07) is 20.1. The molecule has 1 aliphatic heterocycles. The largest absolute Gasteiger partial charge is 0.340 e. The van der Waals surface area contributed by atoms with Gasteiger partial charge in [0.15, 0.2) is 0 Å². The van der Waals surface area contributed by atoms with E-state index in [9.17, 15) is 4.79 Å². The molecule has 2 aromatic carbocycles. The molecule has 3 aromatic rings. The van der Waals surface area contributed by atoms with E-state index in [2.05, 4.69) is 34.3 Å². The van der Waals surface area contributed by atoms with Crippen molar-refractivity contribution in [3.8, 4) is 0 Å². The van der Waals surface area contributed by atoms with E-state index in [-0.39, 0.29) is 5.91 Å². The summed E-state index contributed by atoms with van der Waals surface area (Å²) < 4.78 is 0. The molecule has 0 spiro atoms. The van der Waals surface area contributed by atoms with Crippen molar-refractivity contribution >= 4 is 23.4 Å². The summed E-state index contributed by atoms with van der Waals surface area (Å²) in [6.45, 7) is 6.86. The first-order valence-corrected chi connectivity index (χ1v) is 10.3. The SMILES string of the molecule is Cc1ccc(CC(=O)N2CCN(c3nc(C)cc(Nc4ccccc4)n3)CC2)cc1. The lowest BCUT2D eigenvalue weighted by molar-refractivity contribution is -0.130. The van der Waals surface area contributed by atoms with Crippen molar-refractivity contribution in [2.75, 3.05) is 36.4 Å². The molecular weight excluding hydrogens is 374 g/mol. The van der Waals surface area contributed by atoms with E-state index in [0.29, 0.717) is 25.5 Å². The van der Waals surface area contributed by atoms with E-state index in [1.165, 1.54) is 5.56 Å². The van der Waals surface area contributed by atoms with Crippen molar-refractivity contribution in [3.05, 3.63) is 77.5 Å². The molecule has 1 amide bonds. The third kappa shape index (κ3) is 4.95. The van der Waals surface area contributed by atoms with Crippen LogP contribution in [0.1, 0.15) is 16.8 Å². The summed E-state index contributed by atoms with van der Waals surface area (Å²) in [6.07, 6.45) is 0.451. The number of carbonyl (C=O) groups is 1. The number of aromatic nitrogens is 2. The predicted molar refractivity (Wildman–Crippen MR) is 120 cm³/mol. The minimum absolute atomic E-state index is 0.176. The molecule has 1 aliphatic rings. The Labute approximate surface area is 177 Å². The quantitative estimate of drug-likeness (QED) is 0.706. The molecule has 1 N–H and O–H groups in total. The van der Waals surface area contributed by atoms with Gasteiger partial charge in [0.1, 0.15) is 5.82 Å². The fraction of sp³-hybridized carbons (Fsp3) is 0.292. The van der Waals surface area contributed by atoms with Gasteiger partial charge in [-0.2, -0.15) is 4.98 Å². The van der Waals surface area contributed by atoms with Gasteiger partial charge >= 0.3 is 0 Å². The van der Waals surface area contributed by atoms with Gasteiger partial charge in [-0.15, -0.1) is 0 Å². The Morgan fingerprint density at radius 2 is 1.63 bits per heavy atom. The van der Waals surface area contributed by atoms with Gasteiger partial charge < -0.3 is 15.1 Å². The highest BCUT2D eigenvalue weighted by atomic mass is 16.2. The smallest absolute Gasteiger partial charge is 0.227 e. The summed E-state index contributed by atoms with van der Waals surface area (Å²) in [5.74, 6) is 1.66. The maximum atomic E-state index is 12.7. The number of nitrogens with zero attached hydrogens (tertiary/aromatic N) is 4. The van der Waals surface area contributed by atoms with Crippen LogP contribution < -0.4 is 10.2 Å². The summed E-state index contributed by atoms with van der Waals surface area (Å²) in [5.41, 5.74) is 4.18. The standard InChI is InChI=1S/C24H27N5O/c1-18-8-10-20(11-9-18)17-23(30)28-12-14-29(15-13-28)24-25-19(2)16-22(27-24)26-21-6-4-3-5-7-21/h3-11,16H,12-15,17H2,1-2H3,(H,25,26,27). The predicted octanol–water partition coefficient (Wildman–Crippen LogP) is 3.73. The van der Waals surface area contributed by atoms with Gasteiger partial charge in [-0.05, 0) is 31.5 Å². The second-order valence-corrected chi connectivity index (χ2v) is 7.72. The Bertz CT molecular complexity index is 996. The van der Waals surface area contributed by atoms with E-state index >= 15 is 0 Å². The molecule has 0 unspecified atom stereocenters. The number of nitrogens with one attached hydrogen (secondary N) is 1. The highest BCUT2D eigenvalue weighted by Gasteiger charge is 2.23. The molecule has 0 bridgehead atoms. The molecular formula is C24H27N5O. The van der Waals surface area contributed by atoms with Gasteiger partial charge in [-0.1, -0.05) is 48.0 Å². The number of hydrogen-bond acceptors (Lipinski definition) is 5. The van der Waals surface area contributed by atoms with Crippen LogP contribution in [0.4, 0.5) is 17.5 Å². The molecule has 6 nitrogen and oxygen atoms in total. The van der Waals surface area contributed by atoms with Crippen molar-refractivity contribution in [3.63, 3.8) is 0 Å². The van der Waals surface area contributed by atoms with E-state index in [0.717, 1.165) is 35.9 Å². The summed E-state index contributed by atoms with van der Waals surface area (Å²) in [7, 11) is 0. The van der Waals surface area contributed by atoms with Crippen LogP contribution in [0.2, 0.25) is 0 Å².